The van der Waals surface area contributed by atoms with Gasteiger partial charge in [-0.25, -0.2) is 18.2 Å². The first-order valence-corrected chi connectivity index (χ1v) is 12.8. The molecule has 13 heteroatoms. The lowest BCUT2D eigenvalue weighted by Crippen LogP contribution is -2.53. The fraction of sp³-hybridized carbons (Fsp3) is 0.333. The molecule has 0 saturated carbocycles. The number of anilines is 1. The molecular formula is C21H23N5O6S2. The average molecular weight is 506 g/mol. The van der Waals surface area contributed by atoms with Gasteiger partial charge in [0.15, 0.2) is 4.90 Å². The average Bonchev–Trinajstić information content (AvgIpc) is 3.18. The molecule has 1 saturated heterocycles. The van der Waals surface area contributed by atoms with Crippen LogP contribution in [0.3, 0.4) is 0 Å². The number of rotatable bonds is 7. The van der Waals surface area contributed by atoms with Crippen molar-refractivity contribution in [3.8, 4) is 0 Å². The third-order valence-electron chi connectivity index (χ3n) is 5.60. The minimum atomic E-state index is -4.30. The molecule has 1 aliphatic rings. The SMILES string of the molecule is Cc1nc2ccc(N(CC[C@@H]3CN(C(=O)O)CCN3)S(=O)(=O)c3ccccc3[N+](=O)[O-])cc2s1. The topological polar surface area (TPSA) is 146 Å². The predicted molar refractivity (Wildman–Crippen MR) is 128 cm³/mol. The van der Waals surface area contributed by atoms with E-state index in [9.17, 15) is 28.4 Å². The number of aryl methyl sites for hydroxylation is 1. The third-order valence-corrected chi connectivity index (χ3v) is 8.41. The Morgan fingerprint density at radius 3 is 2.85 bits per heavy atom. The van der Waals surface area contributed by atoms with Gasteiger partial charge in [0.2, 0.25) is 0 Å². The number of amides is 1. The van der Waals surface area contributed by atoms with Gasteiger partial charge in [-0.3, -0.25) is 14.4 Å². The van der Waals surface area contributed by atoms with E-state index in [1.54, 1.807) is 18.2 Å². The first-order chi connectivity index (χ1) is 16.2. The molecule has 0 radical (unpaired) electrons. The number of hydrogen-bond acceptors (Lipinski definition) is 8. The fourth-order valence-electron chi connectivity index (χ4n) is 3.98. The summed E-state index contributed by atoms with van der Waals surface area (Å²) in [6.45, 7) is 2.89. The number of nitro groups is 1. The molecule has 1 aliphatic heterocycles. The molecule has 3 aromatic rings. The Kier molecular flexibility index (Phi) is 6.68. The van der Waals surface area contributed by atoms with Crippen molar-refractivity contribution in [2.45, 2.75) is 24.3 Å². The van der Waals surface area contributed by atoms with Crippen molar-refractivity contribution >= 4 is 49.0 Å². The van der Waals surface area contributed by atoms with Gasteiger partial charge in [0.25, 0.3) is 15.7 Å². The van der Waals surface area contributed by atoms with Crippen LogP contribution < -0.4 is 9.62 Å². The number of hydrogen-bond donors (Lipinski definition) is 2. The number of para-hydroxylation sites is 1. The maximum Gasteiger partial charge on any atom is 0.407 e. The van der Waals surface area contributed by atoms with E-state index in [0.29, 0.717) is 25.2 Å². The van der Waals surface area contributed by atoms with Crippen molar-refractivity contribution in [3.05, 3.63) is 57.6 Å². The van der Waals surface area contributed by atoms with Crippen LogP contribution in [0.2, 0.25) is 0 Å². The largest absolute Gasteiger partial charge is 0.465 e. The summed E-state index contributed by atoms with van der Waals surface area (Å²) < 4.78 is 29.4. The summed E-state index contributed by atoms with van der Waals surface area (Å²) in [7, 11) is -4.30. The summed E-state index contributed by atoms with van der Waals surface area (Å²) in [5.41, 5.74) is 0.593. The van der Waals surface area contributed by atoms with E-state index < -0.39 is 31.6 Å². The Morgan fingerprint density at radius 2 is 2.12 bits per heavy atom. The van der Waals surface area contributed by atoms with E-state index in [4.69, 9.17) is 0 Å². The zero-order valence-corrected chi connectivity index (χ0v) is 19.9. The lowest BCUT2D eigenvalue weighted by Gasteiger charge is -2.33. The highest BCUT2D eigenvalue weighted by Crippen LogP contribution is 2.33. The Hall–Kier alpha value is -3.29. The summed E-state index contributed by atoms with van der Waals surface area (Å²) in [6, 6.07) is 10.1. The molecule has 1 aromatic heterocycles. The second-order valence-electron chi connectivity index (χ2n) is 7.86. The monoisotopic (exact) mass is 505 g/mol. The normalized spacial score (nSPS) is 16.5. The van der Waals surface area contributed by atoms with Crippen molar-refractivity contribution < 1.29 is 23.2 Å². The van der Waals surface area contributed by atoms with Gasteiger partial charge in [-0.1, -0.05) is 12.1 Å². The highest BCUT2D eigenvalue weighted by Gasteiger charge is 2.33. The number of aromatic nitrogens is 1. The highest BCUT2D eigenvalue weighted by atomic mass is 32.2. The number of nitro benzene ring substituents is 1. The molecule has 0 bridgehead atoms. The number of nitrogens with one attached hydrogen (secondary N) is 1. The molecule has 11 nitrogen and oxygen atoms in total. The number of carbonyl (C=O) groups is 1. The quantitative estimate of drug-likeness (QED) is 0.368. The van der Waals surface area contributed by atoms with Crippen molar-refractivity contribution in [2.75, 3.05) is 30.5 Å². The number of sulfonamides is 1. The van der Waals surface area contributed by atoms with Gasteiger partial charge < -0.3 is 15.3 Å². The van der Waals surface area contributed by atoms with Crippen molar-refractivity contribution in [1.29, 1.82) is 0 Å². The number of nitrogens with zero attached hydrogens (tertiary/aromatic N) is 4. The molecule has 34 heavy (non-hydrogen) atoms. The van der Waals surface area contributed by atoms with E-state index >= 15 is 0 Å². The fourth-order valence-corrected chi connectivity index (χ4v) is 6.47. The van der Waals surface area contributed by atoms with Gasteiger partial charge in [0.05, 0.1) is 25.8 Å². The van der Waals surface area contributed by atoms with Crippen LogP contribution in [0.4, 0.5) is 16.2 Å². The van der Waals surface area contributed by atoms with Crippen LogP contribution in [-0.2, 0) is 10.0 Å². The molecule has 0 spiro atoms. The number of carboxylic acid groups (broad SMARTS) is 1. The van der Waals surface area contributed by atoms with E-state index in [2.05, 4.69) is 10.3 Å². The second kappa shape index (κ2) is 9.52. The summed E-state index contributed by atoms with van der Waals surface area (Å²) in [5, 5.41) is 24.9. The Labute approximate surface area is 199 Å². The maximum absolute atomic E-state index is 13.7. The van der Waals surface area contributed by atoms with E-state index in [-0.39, 0.29) is 19.1 Å². The molecule has 2 aromatic carbocycles. The lowest BCUT2D eigenvalue weighted by atomic mass is 10.1. The molecule has 2 heterocycles. The van der Waals surface area contributed by atoms with Crippen molar-refractivity contribution in [2.24, 2.45) is 0 Å². The first-order valence-electron chi connectivity index (χ1n) is 10.5. The zero-order valence-electron chi connectivity index (χ0n) is 18.2. The van der Waals surface area contributed by atoms with Crippen molar-refractivity contribution in [3.63, 3.8) is 0 Å². The highest BCUT2D eigenvalue weighted by molar-refractivity contribution is 7.93. The van der Waals surface area contributed by atoms with Gasteiger partial charge in [-0.05, 0) is 37.6 Å². The van der Waals surface area contributed by atoms with Gasteiger partial charge in [-0.15, -0.1) is 11.3 Å². The number of fused-ring (bicyclic) bond motifs is 1. The van der Waals surface area contributed by atoms with Gasteiger partial charge in [0, 0.05) is 38.3 Å². The molecular weight excluding hydrogens is 482 g/mol. The van der Waals surface area contributed by atoms with Crippen LogP contribution in [0.25, 0.3) is 10.2 Å². The van der Waals surface area contributed by atoms with Crippen LogP contribution in [0, 0.1) is 17.0 Å². The second-order valence-corrected chi connectivity index (χ2v) is 10.9. The number of thiazole rings is 1. The van der Waals surface area contributed by atoms with Gasteiger partial charge >= 0.3 is 6.09 Å². The first kappa shape index (κ1) is 23.9. The van der Waals surface area contributed by atoms with E-state index in [1.165, 1.54) is 34.4 Å². The summed E-state index contributed by atoms with van der Waals surface area (Å²) in [4.78, 5) is 27.5. The van der Waals surface area contributed by atoms with E-state index in [1.807, 2.05) is 6.92 Å². The molecule has 0 aliphatic carbocycles. The zero-order chi connectivity index (χ0) is 24.5. The van der Waals surface area contributed by atoms with Gasteiger partial charge in [-0.2, -0.15) is 0 Å². The minimum Gasteiger partial charge on any atom is -0.465 e. The lowest BCUT2D eigenvalue weighted by molar-refractivity contribution is -0.387. The molecule has 0 unspecified atom stereocenters. The smallest absolute Gasteiger partial charge is 0.407 e. The Morgan fingerprint density at radius 1 is 1.35 bits per heavy atom. The molecule has 1 atom stereocenters. The van der Waals surface area contributed by atoms with Crippen LogP contribution in [0.5, 0.6) is 0 Å². The van der Waals surface area contributed by atoms with Crippen LogP contribution in [-0.4, -0.2) is 66.6 Å². The summed E-state index contributed by atoms with van der Waals surface area (Å²) in [6.07, 6.45) is -0.717. The third kappa shape index (κ3) is 4.81. The number of piperazine rings is 1. The van der Waals surface area contributed by atoms with Gasteiger partial charge in [0.1, 0.15) is 0 Å². The molecule has 1 fully saturated rings. The summed E-state index contributed by atoms with van der Waals surface area (Å²) in [5.74, 6) is 0. The Bertz CT molecular complexity index is 1340. The van der Waals surface area contributed by atoms with Crippen LogP contribution in [0.1, 0.15) is 11.4 Å². The summed E-state index contributed by atoms with van der Waals surface area (Å²) >= 11 is 1.42. The Balaban J connectivity index is 1.72. The maximum atomic E-state index is 13.7. The molecule has 1 amide bonds. The standard InChI is InChI=1S/C21H23N5O6S2/c1-14-23-17-7-6-16(12-19(17)33-14)25(10-8-15-13-24(21(27)28)11-9-22-15)34(31,32)20-5-3-2-4-18(20)26(29)30/h2-7,12,15,22H,8-11,13H2,1H3,(H,27,28)/t15-/m1/s1. The number of benzene rings is 2. The van der Waals surface area contributed by atoms with Crippen molar-refractivity contribution in [1.82, 2.24) is 15.2 Å². The molecule has 2 N–H and O–H groups in total. The minimum absolute atomic E-state index is 0.00278. The predicted octanol–water partition coefficient (Wildman–Crippen LogP) is 3.05. The van der Waals surface area contributed by atoms with Crippen LogP contribution >= 0.6 is 11.3 Å². The van der Waals surface area contributed by atoms with E-state index in [0.717, 1.165) is 25.6 Å². The van der Waals surface area contributed by atoms with Crippen LogP contribution in [0.15, 0.2) is 47.4 Å². The molecule has 180 valence electrons. The molecule has 4 rings (SSSR count).